The standard InChI is InChI=1S/C22H23N3O3/c1-15(16-8-9-18-13-20(28-2)11-10-17(18)12-16)22(27)25-24-21(26)14-23-19-6-4-3-5-7-19/h3-13,15,23H,14H2,1-2H3,(H,24,26)(H,25,27)/t15-/m0/s1. The summed E-state index contributed by atoms with van der Waals surface area (Å²) < 4.78 is 5.23. The van der Waals surface area contributed by atoms with E-state index >= 15 is 0 Å². The lowest BCUT2D eigenvalue weighted by atomic mass is 9.97. The number of hydrogen-bond donors (Lipinski definition) is 3. The van der Waals surface area contributed by atoms with Gasteiger partial charge in [0.05, 0.1) is 19.6 Å². The van der Waals surface area contributed by atoms with Crippen LogP contribution < -0.4 is 20.9 Å². The number of hydrazine groups is 1. The summed E-state index contributed by atoms with van der Waals surface area (Å²) >= 11 is 0. The summed E-state index contributed by atoms with van der Waals surface area (Å²) in [7, 11) is 1.63. The van der Waals surface area contributed by atoms with Crippen LogP contribution in [0, 0.1) is 0 Å². The van der Waals surface area contributed by atoms with Gasteiger partial charge in [0.2, 0.25) is 5.91 Å². The number of benzene rings is 3. The third kappa shape index (κ3) is 4.79. The van der Waals surface area contributed by atoms with Gasteiger partial charge in [0, 0.05) is 5.69 Å². The number of fused-ring (bicyclic) bond motifs is 1. The minimum Gasteiger partial charge on any atom is -0.497 e. The molecular formula is C22H23N3O3. The van der Waals surface area contributed by atoms with Gasteiger partial charge in [0.25, 0.3) is 5.91 Å². The van der Waals surface area contributed by atoms with Crippen LogP contribution in [0.5, 0.6) is 5.75 Å². The Morgan fingerprint density at radius 1 is 0.929 bits per heavy atom. The van der Waals surface area contributed by atoms with Crippen molar-refractivity contribution in [3.05, 3.63) is 72.3 Å². The van der Waals surface area contributed by atoms with Crippen molar-refractivity contribution >= 4 is 28.3 Å². The molecule has 3 N–H and O–H groups in total. The number of para-hydroxylation sites is 1. The van der Waals surface area contributed by atoms with E-state index in [9.17, 15) is 9.59 Å². The molecule has 28 heavy (non-hydrogen) atoms. The second-order valence-electron chi connectivity index (χ2n) is 6.45. The Morgan fingerprint density at radius 2 is 1.64 bits per heavy atom. The molecule has 0 fully saturated rings. The Hall–Kier alpha value is -3.54. The molecule has 3 rings (SSSR count). The third-order valence-corrected chi connectivity index (χ3v) is 4.52. The molecule has 0 bridgehead atoms. The van der Waals surface area contributed by atoms with Crippen LogP contribution in [0.2, 0.25) is 0 Å². The Labute approximate surface area is 163 Å². The highest BCUT2D eigenvalue weighted by Gasteiger charge is 2.16. The molecule has 0 unspecified atom stereocenters. The fourth-order valence-corrected chi connectivity index (χ4v) is 2.81. The van der Waals surface area contributed by atoms with Crippen molar-refractivity contribution in [1.29, 1.82) is 0 Å². The van der Waals surface area contributed by atoms with Crippen LogP contribution in [0.15, 0.2) is 66.7 Å². The molecule has 0 aliphatic heterocycles. The van der Waals surface area contributed by atoms with Gasteiger partial charge in [-0.2, -0.15) is 0 Å². The molecule has 0 aliphatic carbocycles. The smallest absolute Gasteiger partial charge is 0.257 e. The topological polar surface area (TPSA) is 79.5 Å². The summed E-state index contributed by atoms with van der Waals surface area (Å²) in [5, 5.41) is 5.05. The molecule has 2 amide bonds. The van der Waals surface area contributed by atoms with E-state index in [1.807, 2.05) is 66.7 Å². The largest absolute Gasteiger partial charge is 0.497 e. The first-order valence-corrected chi connectivity index (χ1v) is 9.02. The highest BCUT2D eigenvalue weighted by molar-refractivity contribution is 5.90. The van der Waals surface area contributed by atoms with Gasteiger partial charge in [-0.05, 0) is 47.5 Å². The first-order valence-electron chi connectivity index (χ1n) is 9.02. The van der Waals surface area contributed by atoms with Crippen LogP contribution in [0.25, 0.3) is 10.8 Å². The number of amides is 2. The second-order valence-corrected chi connectivity index (χ2v) is 6.45. The van der Waals surface area contributed by atoms with Crippen molar-refractivity contribution in [2.45, 2.75) is 12.8 Å². The maximum Gasteiger partial charge on any atom is 0.257 e. The molecule has 1 atom stereocenters. The van der Waals surface area contributed by atoms with E-state index < -0.39 is 5.92 Å². The zero-order valence-electron chi connectivity index (χ0n) is 15.9. The fraction of sp³-hybridized carbons (Fsp3) is 0.182. The van der Waals surface area contributed by atoms with Crippen LogP contribution in [-0.4, -0.2) is 25.5 Å². The van der Waals surface area contributed by atoms with Crippen LogP contribution in [0.1, 0.15) is 18.4 Å². The van der Waals surface area contributed by atoms with Crippen LogP contribution in [-0.2, 0) is 9.59 Å². The Kier molecular flexibility index (Phi) is 6.11. The molecule has 0 saturated carbocycles. The lowest BCUT2D eigenvalue weighted by Crippen LogP contribution is -2.45. The molecule has 0 heterocycles. The number of methoxy groups -OCH3 is 1. The van der Waals surface area contributed by atoms with Gasteiger partial charge in [0.1, 0.15) is 5.75 Å². The quantitative estimate of drug-likeness (QED) is 0.577. The molecule has 3 aromatic carbocycles. The van der Waals surface area contributed by atoms with Gasteiger partial charge in [-0.1, -0.05) is 42.5 Å². The van der Waals surface area contributed by atoms with Crippen LogP contribution in [0.3, 0.4) is 0 Å². The number of anilines is 1. The number of carbonyl (C=O) groups excluding carboxylic acids is 2. The van der Waals surface area contributed by atoms with Gasteiger partial charge >= 0.3 is 0 Å². The lowest BCUT2D eigenvalue weighted by Gasteiger charge is -2.14. The molecule has 0 saturated heterocycles. The first-order chi connectivity index (χ1) is 13.6. The minimum atomic E-state index is -0.408. The van der Waals surface area contributed by atoms with E-state index in [4.69, 9.17) is 4.74 Å². The molecule has 6 nitrogen and oxygen atoms in total. The van der Waals surface area contributed by atoms with Crippen LogP contribution >= 0.6 is 0 Å². The summed E-state index contributed by atoms with van der Waals surface area (Å²) in [6, 6.07) is 21.0. The fourth-order valence-electron chi connectivity index (χ4n) is 2.81. The molecular weight excluding hydrogens is 354 g/mol. The zero-order chi connectivity index (χ0) is 19.9. The Morgan fingerprint density at radius 3 is 2.39 bits per heavy atom. The van der Waals surface area contributed by atoms with Crippen molar-refractivity contribution in [1.82, 2.24) is 10.9 Å². The summed E-state index contributed by atoms with van der Waals surface area (Å²) in [6.07, 6.45) is 0. The van der Waals surface area contributed by atoms with Gasteiger partial charge in [0.15, 0.2) is 0 Å². The van der Waals surface area contributed by atoms with E-state index in [1.54, 1.807) is 14.0 Å². The molecule has 0 spiro atoms. The predicted molar refractivity (Wildman–Crippen MR) is 110 cm³/mol. The summed E-state index contributed by atoms with van der Waals surface area (Å²) in [4.78, 5) is 24.3. The summed E-state index contributed by atoms with van der Waals surface area (Å²) in [5.74, 6) is -0.220. The summed E-state index contributed by atoms with van der Waals surface area (Å²) in [5.41, 5.74) is 6.63. The second kappa shape index (κ2) is 8.90. The number of carbonyl (C=O) groups is 2. The van der Waals surface area contributed by atoms with Gasteiger partial charge in [-0.15, -0.1) is 0 Å². The average Bonchev–Trinajstić information content (AvgIpc) is 2.75. The monoisotopic (exact) mass is 377 g/mol. The SMILES string of the molecule is COc1ccc2cc([C@H](C)C(=O)NNC(=O)CNc3ccccc3)ccc2c1. The molecule has 3 aromatic rings. The van der Waals surface area contributed by atoms with Gasteiger partial charge < -0.3 is 10.1 Å². The average molecular weight is 377 g/mol. The number of rotatable bonds is 6. The number of ether oxygens (including phenoxy) is 1. The van der Waals surface area contributed by atoms with E-state index in [0.29, 0.717) is 0 Å². The minimum absolute atomic E-state index is 0.0660. The van der Waals surface area contributed by atoms with Gasteiger partial charge in [-0.25, -0.2) is 0 Å². The van der Waals surface area contributed by atoms with Crippen LogP contribution in [0.4, 0.5) is 5.69 Å². The molecule has 0 aliphatic rings. The Bertz CT molecular complexity index is 973. The van der Waals surface area contributed by atoms with E-state index in [2.05, 4.69) is 16.2 Å². The lowest BCUT2D eigenvalue weighted by molar-refractivity contribution is -0.128. The van der Waals surface area contributed by atoms with Gasteiger partial charge in [-0.3, -0.25) is 20.4 Å². The number of nitrogens with one attached hydrogen (secondary N) is 3. The third-order valence-electron chi connectivity index (χ3n) is 4.52. The molecule has 0 radical (unpaired) electrons. The zero-order valence-corrected chi connectivity index (χ0v) is 15.9. The normalized spacial score (nSPS) is 11.5. The predicted octanol–water partition coefficient (Wildman–Crippen LogP) is 3.21. The molecule has 0 aromatic heterocycles. The maximum atomic E-state index is 12.4. The van der Waals surface area contributed by atoms with E-state index in [0.717, 1.165) is 27.8 Å². The van der Waals surface area contributed by atoms with Crippen molar-refractivity contribution in [2.75, 3.05) is 19.0 Å². The highest BCUT2D eigenvalue weighted by atomic mass is 16.5. The first kappa shape index (κ1) is 19.2. The molecule has 6 heteroatoms. The van der Waals surface area contributed by atoms with Crippen molar-refractivity contribution in [2.24, 2.45) is 0 Å². The highest BCUT2D eigenvalue weighted by Crippen LogP contribution is 2.25. The summed E-state index contributed by atoms with van der Waals surface area (Å²) in [6.45, 7) is 1.87. The van der Waals surface area contributed by atoms with Crippen molar-refractivity contribution < 1.29 is 14.3 Å². The number of hydrogen-bond acceptors (Lipinski definition) is 4. The van der Waals surface area contributed by atoms with Crippen molar-refractivity contribution in [3.63, 3.8) is 0 Å². The Balaban J connectivity index is 1.55. The van der Waals surface area contributed by atoms with E-state index in [-0.39, 0.29) is 18.4 Å². The van der Waals surface area contributed by atoms with Crippen molar-refractivity contribution in [3.8, 4) is 5.75 Å². The maximum absolute atomic E-state index is 12.4. The van der Waals surface area contributed by atoms with E-state index in [1.165, 1.54) is 0 Å². The molecule has 144 valence electrons.